The van der Waals surface area contributed by atoms with Crippen molar-refractivity contribution in [2.75, 3.05) is 0 Å². The maximum Gasteiger partial charge on any atom is 0.0349 e. The molecule has 90 valence electrons. The lowest BCUT2D eigenvalue weighted by molar-refractivity contribution is 1.04. The number of thiophene rings is 1. The van der Waals surface area contributed by atoms with Crippen molar-refractivity contribution in [2.45, 2.75) is 19.8 Å². The lowest BCUT2D eigenvalue weighted by Crippen LogP contribution is -1.80. The summed E-state index contributed by atoms with van der Waals surface area (Å²) in [5.74, 6) is 0. The van der Waals surface area contributed by atoms with E-state index in [1.54, 1.807) is 0 Å². The van der Waals surface area contributed by atoms with Gasteiger partial charge in [-0.1, -0.05) is 48.1 Å². The molecule has 0 saturated carbocycles. The topological polar surface area (TPSA) is 0 Å². The molecular formula is C17H16S. The first-order valence-corrected chi connectivity index (χ1v) is 7.18. The standard InChI is InChI=1S/C17H16S/c1-13-6-5-9-15(12-13)17-11-10-16(18-17)14-7-3-2-4-8-14/h3,5-12H,2,4H2,1H3. The highest BCUT2D eigenvalue weighted by atomic mass is 32.1. The molecule has 0 N–H and O–H groups in total. The van der Waals surface area contributed by atoms with Crippen LogP contribution in [0.25, 0.3) is 16.0 Å². The third-order valence-corrected chi connectivity index (χ3v) is 4.37. The van der Waals surface area contributed by atoms with Crippen LogP contribution in [0.5, 0.6) is 0 Å². The summed E-state index contributed by atoms with van der Waals surface area (Å²) in [6.45, 7) is 2.14. The number of hydrogen-bond donors (Lipinski definition) is 0. The minimum atomic E-state index is 1.17. The Morgan fingerprint density at radius 2 is 1.89 bits per heavy atom. The Labute approximate surface area is 112 Å². The SMILES string of the molecule is Cc1cccc(-c2ccc(C3=CCCC=C3)s2)c1. The van der Waals surface area contributed by atoms with E-state index in [9.17, 15) is 0 Å². The van der Waals surface area contributed by atoms with Crippen LogP contribution in [0.2, 0.25) is 0 Å². The summed E-state index contributed by atoms with van der Waals surface area (Å²) in [6.07, 6.45) is 9.20. The van der Waals surface area contributed by atoms with Gasteiger partial charge in [0.2, 0.25) is 0 Å². The molecule has 0 bridgehead atoms. The van der Waals surface area contributed by atoms with E-state index in [-0.39, 0.29) is 0 Å². The van der Waals surface area contributed by atoms with Gasteiger partial charge in [-0.15, -0.1) is 11.3 Å². The maximum atomic E-state index is 2.34. The highest BCUT2D eigenvalue weighted by Gasteiger charge is 2.06. The van der Waals surface area contributed by atoms with Crippen molar-refractivity contribution in [3.63, 3.8) is 0 Å². The third-order valence-electron chi connectivity index (χ3n) is 3.19. The molecule has 1 aromatic heterocycles. The van der Waals surface area contributed by atoms with Crippen LogP contribution >= 0.6 is 11.3 Å². The fraction of sp³-hybridized carbons (Fsp3) is 0.176. The minimum Gasteiger partial charge on any atom is -0.135 e. The molecule has 1 heteroatoms. The van der Waals surface area contributed by atoms with Gasteiger partial charge >= 0.3 is 0 Å². The van der Waals surface area contributed by atoms with E-state index >= 15 is 0 Å². The smallest absolute Gasteiger partial charge is 0.0349 e. The van der Waals surface area contributed by atoms with Gasteiger partial charge in [0.15, 0.2) is 0 Å². The van der Waals surface area contributed by atoms with Crippen LogP contribution in [0.1, 0.15) is 23.3 Å². The Kier molecular flexibility index (Phi) is 3.16. The zero-order valence-electron chi connectivity index (χ0n) is 10.5. The van der Waals surface area contributed by atoms with E-state index in [2.05, 4.69) is 61.5 Å². The van der Waals surface area contributed by atoms with Gasteiger partial charge < -0.3 is 0 Å². The Morgan fingerprint density at radius 1 is 1.00 bits per heavy atom. The normalized spacial score (nSPS) is 14.6. The van der Waals surface area contributed by atoms with Crippen molar-refractivity contribution >= 4 is 16.9 Å². The highest BCUT2D eigenvalue weighted by Crippen LogP contribution is 2.33. The fourth-order valence-electron chi connectivity index (χ4n) is 2.24. The van der Waals surface area contributed by atoms with Crippen LogP contribution in [-0.4, -0.2) is 0 Å². The predicted octanol–water partition coefficient (Wildman–Crippen LogP) is 5.46. The second-order valence-corrected chi connectivity index (χ2v) is 5.76. The lowest BCUT2D eigenvalue weighted by atomic mass is 10.1. The number of rotatable bonds is 2. The summed E-state index contributed by atoms with van der Waals surface area (Å²) in [4.78, 5) is 2.73. The number of allylic oxidation sites excluding steroid dienone is 4. The molecule has 0 atom stereocenters. The van der Waals surface area contributed by atoms with Crippen molar-refractivity contribution in [3.05, 3.63) is 65.1 Å². The van der Waals surface area contributed by atoms with Crippen LogP contribution < -0.4 is 0 Å². The summed E-state index contributed by atoms with van der Waals surface area (Å²) in [5, 5.41) is 0. The Bertz CT molecular complexity index is 614. The zero-order chi connectivity index (χ0) is 12.4. The molecule has 0 nitrogen and oxygen atoms in total. The molecule has 0 radical (unpaired) electrons. The molecule has 18 heavy (non-hydrogen) atoms. The van der Waals surface area contributed by atoms with E-state index < -0.39 is 0 Å². The van der Waals surface area contributed by atoms with Crippen molar-refractivity contribution in [1.82, 2.24) is 0 Å². The average Bonchev–Trinajstić information content (AvgIpc) is 2.89. The molecule has 0 aliphatic heterocycles. The van der Waals surface area contributed by atoms with Crippen molar-refractivity contribution in [1.29, 1.82) is 0 Å². The molecule has 1 aromatic carbocycles. The number of aryl methyl sites for hydroxylation is 1. The van der Waals surface area contributed by atoms with Crippen LogP contribution in [-0.2, 0) is 0 Å². The third kappa shape index (κ3) is 2.32. The first-order valence-electron chi connectivity index (χ1n) is 6.37. The Morgan fingerprint density at radius 3 is 2.67 bits per heavy atom. The summed E-state index contributed by atoms with van der Waals surface area (Å²) in [7, 11) is 0. The van der Waals surface area contributed by atoms with Gasteiger partial charge in [0.1, 0.15) is 0 Å². The van der Waals surface area contributed by atoms with Crippen LogP contribution in [0, 0.1) is 6.92 Å². The van der Waals surface area contributed by atoms with Gasteiger partial charge in [-0.2, -0.15) is 0 Å². The van der Waals surface area contributed by atoms with Crippen molar-refractivity contribution in [3.8, 4) is 10.4 Å². The molecule has 0 spiro atoms. The Balaban J connectivity index is 1.94. The lowest BCUT2D eigenvalue weighted by Gasteiger charge is -2.03. The van der Waals surface area contributed by atoms with Gasteiger partial charge in [-0.25, -0.2) is 0 Å². The molecule has 1 aliphatic rings. The summed E-state index contributed by atoms with van der Waals surface area (Å²) in [6, 6.07) is 13.2. The summed E-state index contributed by atoms with van der Waals surface area (Å²) in [5.41, 5.74) is 4.02. The molecule has 0 saturated heterocycles. The van der Waals surface area contributed by atoms with Gasteiger partial charge in [0.05, 0.1) is 0 Å². The van der Waals surface area contributed by atoms with Crippen molar-refractivity contribution in [2.24, 2.45) is 0 Å². The van der Waals surface area contributed by atoms with Crippen LogP contribution in [0.15, 0.2) is 54.6 Å². The predicted molar refractivity (Wildman–Crippen MR) is 80.8 cm³/mol. The summed E-state index contributed by atoms with van der Waals surface area (Å²) < 4.78 is 0. The number of benzene rings is 1. The molecule has 3 rings (SSSR count). The van der Waals surface area contributed by atoms with E-state index in [0.717, 1.165) is 0 Å². The van der Waals surface area contributed by atoms with E-state index in [1.807, 2.05) is 11.3 Å². The summed E-state index contributed by atoms with van der Waals surface area (Å²) >= 11 is 1.88. The quantitative estimate of drug-likeness (QED) is 0.666. The van der Waals surface area contributed by atoms with Crippen molar-refractivity contribution < 1.29 is 0 Å². The largest absolute Gasteiger partial charge is 0.135 e. The van der Waals surface area contributed by atoms with Crippen LogP contribution in [0.4, 0.5) is 0 Å². The maximum absolute atomic E-state index is 2.34. The fourth-order valence-corrected chi connectivity index (χ4v) is 3.27. The first kappa shape index (κ1) is 11.5. The Hall–Kier alpha value is -1.60. The first-order chi connectivity index (χ1) is 8.83. The van der Waals surface area contributed by atoms with E-state index in [1.165, 1.54) is 39.3 Å². The second kappa shape index (κ2) is 4.95. The molecule has 1 heterocycles. The van der Waals surface area contributed by atoms with Gasteiger partial charge in [-0.3, -0.25) is 0 Å². The molecular weight excluding hydrogens is 236 g/mol. The van der Waals surface area contributed by atoms with Gasteiger partial charge in [0.25, 0.3) is 0 Å². The van der Waals surface area contributed by atoms with Gasteiger partial charge in [0, 0.05) is 9.75 Å². The molecule has 0 unspecified atom stereocenters. The van der Waals surface area contributed by atoms with Crippen LogP contribution in [0.3, 0.4) is 0 Å². The number of hydrogen-bond acceptors (Lipinski definition) is 1. The zero-order valence-corrected chi connectivity index (χ0v) is 11.3. The average molecular weight is 252 g/mol. The molecule has 1 aliphatic carbocycles. The minimum absolute atomic E-state index is 1.17. The monoisotopic (exact) mass is 252 g/mol. The molecule has 0 fully saturated rings. The molecule has 0 amide bonds. The van der Waals surface area contributed by atoms with E-state index in [0.29, 0.717) is 0 Å². The van der Waals surface area contributed by atoms with E-state index in [4.69, 9.17) is 0 Å². The molecule has 2 aromatic rings. The highest BCUT2D eigenvalue weighted by molar-refractivity contribution is 7.16. The second-order valence-electron chi connectivity index (χ2n) is 4.67. The van der Waals surface area contributed by atoms with Gasteiger partial charge in [-0.05, 0) is 43.0 Å².